The van der Waals surface area contributed by atoms with E-state index in [4.69, 9.17) is 5.11 Å². The molecule has 1 atom stereocenters. The first-order valence-corrected chi connectivity index (χ1v) is 6.96. The third-order valence-electron chi connectivity index (χ3n) is 3.89. The van der Waals surface area contributed by atoms with E-state index in [0.29, 0.717) is 18.7 Å². The third-order valence-corrected chi connectivity index (χ3v) is 3.89. The number of fused-ring (bicyclic) bond motifs is 1. The van der Waals surface area contributed by atoms with Crippen molar-refractivity contribution in [3.8, 4) is 0 Å². The number of carbonyl (C=O) groups is 1. The standard InChI is InChI=1S/C14H18N4O2/c1-2-18-13-4-3-11(7-12(13)15-16-18)14(20)17-6-5-10(8-17)9-19/h3-4,7,10,19H,2,5-6,8-9H2,1H3. The maximum absolute atomic E-state index is 12.4. The Hall–Kier alpha value is -1.95. The molecular weight excluding hydrogens is 256 g/mol. The zero-order valence-corrected chi connectivity index (χ0v) is 11.5. The number of aliphatic hydroxyl groups is 1. The summed E-state index contributed by atoms with van der Waals surface area (Å²) in [6.07, 6.45) is 0.872. The van der Waals surface area contributed by atoms with E-state index in [1.807, 2.05) is 19.1 Å². The predicted octanol–water partition coefficient (Wildman–Crippen LogP) is 0.906. The lowest BCUT2D eigenvalue weighted by Gasteiger charge is -2.16. The van der Waals surface area contributed by atoms with Crippen molar-refractivity contribution in [2.75, 3.05) is 19.7 Å². The van der Waals surface area contributed by atoms with E-state index in [0.717, 1.165) is 24.0 Å². The largest absolute Gasteiger partial charge is 0.396 e. The van der Waals surface area contributed by atoms with Crippen molar-refractivity contribution in [1.82, 2.24) is 19.9 Å². The van der Waals surface area contributed by atoms with Gasteiger partial charge in [0.1, 0.15) is 5.52 Å². The lowest BCUT2D eigenvalue weighted by molar-refractivity contribution is 0.0782. The number of amides is 1. The van der Waals surface area contributed by atoms with E-state index < -0.39 is 0 Å². The molecule has 0 radical (unpaired) electrons. The van der Waals surface area contributed by atoms with Gasteiger partial charge in [-0.15, -0.1) is 5.10 Å². The van der Waals surface area contributed by atoms with Crippen LogP contribution in [0.1, 0.15) is 23.7 Å². The van der Waals surface area contributed by atoms with Crippen LogP contribution in [0, 0.1) is 5.92 Å². The van der Waals surface area contributed by atoms with Gasteiger partial charge in [0.25, 0.3) is 5.91 Å². The van der Waals surface area contributed by atoms with Gasteiger partial charge in [-0.25, -0.2) is 4.68 Å². The first-order chi connectivity index (χ1) is 9.72. The maximum Gasteiger partial charge on any atom is 0.253 e. The molecule has 6 heteroatoms. The summed E-state index contributed by atoms with van der Waals surface area (Å²) >= 11 is 0. The number of benzene rings is 1. The Balaban J connectivity index is 1.85. The van der Waals surface area contributed by atoms with E-state index in [2.05, 4.69) is 10.3 Å². The fourth-order valence-electron chi connectivity index (χ4n) is 2.69. The Labute approximate surface area is 117 Å². The quantitative estimate of drug-likeness (QED) is 0.903. The van der Waals surface area contributed by atoms with Gasteiger partial charge >= 0.3 is 0 Å². The topological polar surface area (TPSA) is 71.2 Å². The number of carbonyl (C=O) groups excluding carboxylic acids is 1. The zero-order chi connectivity index (χ0) is 14.1. The van der Waals surface area contributed by atoms with Crippen LogP contribution < -0.4 is 0 Å². The molecule has 1 aromatic heterocycles. The Morgan fingerprint density at radius 1 is 1.50 bits per heavy atom. The second-order valence-electron chi connectivity index (χ2n) is 5.20. The van der Waals surface area contributed by atoms with E-state index >= 15 is 0 Å². The van der Waals surface area contributed by atoms with Gasteiger partial charge in [-0.1, -0.05) is 5.21 Å². The molecule has 1 amide bonds. The van der Waals surface area contributed by atoms with Crippen molar-refractivity contribution in [3.63, 3.8) is 0 Å². The molecule has 1 aliphatic rings. The Bertz CT molecular complexity index is 637. The molecule has 3 rings (SSSR count). The minimum atomic E-state index is 0.00824. The van der Waals surface area contributed by atoms with Crippen LogP contribution in [0.15, 0.2) is 18.2 Å². The fraction of sp³-hybridized carbons (Fsp3) is 0.500. The van der Waals surface area contributed by atoms with E-state index in [1.165, 1.54) is 0 Å². The number of rotatable bonds is 3. The van der Waals surface area contributed by atoms with E-state index in [-0.39, 0.29) is 18.4 Å². The Morgan fingerprint density at radius 3 is 3.05 bits per heavy atom. The normalized spacial score (nSPS) is 18.9. The molecule has 0 spiro atoms. The minimum Gasteiger partial charge on any atom is -0.396 e. The molecular formula is C14H18N4O2. The van der Waals surface area contributed by atoms with Crippen molar-refractivity contribution in [1.29, 1.82) is 0 Å². The lowest BCUT2D eigenvalue weighted by Crippen LogP contribution is -2.29. The number of aliphatic hydroxyl groups excluding tert-OH is 1. The highest BCUT2D eigenvalue weighted by molar-refractivity contribution is 5.97. The summed E-state index contributed by atoms with van der Waals surface area (Å²) in [5.41, 5.74) is 2.33. The molecule has 1 N–H and O–H groups in total. The molecule has 1 saturated heterocycles. The number of nitrogens with zero attached hydrogens (tertiary/aromatic N) is 4. The van der Waals surface area contributed by atoms with Crippen LogP contribution in [0.25, 0.3) is 11.0 Å². The average Bonchev–Trinajstić information content (AvgIpc) is 3.12. The average molecular weight is 274 g/mol. The third kappa shape index (κ3) is 2.16. The van der Waals surface area contributed by atoms with Crippen molar-refractivity contribution >= 4 is 16.9 Å². The summed E-state index contributed by atoms with van der Waals surface area (Å²) in [6.45, 7) is 4.26. The summed E-state index contributed by atoms with van der Waals surface area (Å²) in [4.78, 5) is 14.2. The summed E-state index contributed by atoms with van der Waals surface area (Å²) in [6, 6.07) is 5.52. The number of hydrogen-bond acceptors (Lipinski definition) is 4. The SMILES string of the molecule is CCn1nnc2cc(C(=O)N3CCC(CO)C3)ccc21. The number of aromatic nitrogens is 3. The van der Waals surface area contributed by atoms with Crippen molar-refractivity contribution < 1.29 is 9.90 Å². The van der Waals surface area contributed by atoms with Crippen LogP contribution in [-0.4, -0.2) is 50.6 Å². The summed E-state index contributed by atoms with van der Waals surface area (Å²) in [5, 5.41) is 17.3. The van der Waals surface area contributed by atoms with Crippen molar-refractivity contribution in [2.45, 2.75) is 19.9 Å². The molecule has 0 aliphatic carbocycles. The highest BCUT2D eigenvalue weighted by Crippen LogP contribution is 2.20. The smallest absolute Gasteiger partial charge is 0.253 e. The zero-order valence-electron chi connectivity index (χ0n) is 11.5. The number of aryl methyl sites for hydroxylation is 1. The summed E-state index contributed by atoms with van der Waals surface area (Å²) in [5.74, 6) is 0.220. The Morgan fingerprint density at radius 2 is 2.35 bits per heavy atom. The minimum absolute atomic E-state index is 0.00824. The summed E-state index contributed by atoms with van der Waals surface area (Å²) < 4.78 is 1.81. The second kappa shape index (κ2) is 5.20. The molecule has 1 aliphatic heterocycles. The lowest BCUT2D eigenvalue weighted by atomic mass is 10.1. The molecule has 20 heavy (non-hydrogen) atoms. The van der Waals surface area contributed by atoms with Crippen molar-refractivity contribution in [2.24, 2.45) is 5.92 Å². The molecule has 1 aromatic carbocycles. The van der Waals surface area contributed by atoms with Gasteiger partial charge in [0.15, 0.2) is 0 Å². The van der Waals surface area contributed by atoms with Gasteiger partial charge in [0.05, 0.1) is 5.52 Å². The molecule has 1 unspecified atom stereocenters. The molecule has 1 fully saturated rings. The van der Waals surface area contributed by atoms with Gasteiger partial charge < -0.3 is 10.0 Å². The number of likely N-dealkylation sites (tertiary alicyclic amines) is 1. The Kier molecular flexibility index (Phi) is 3.40. The van der Waals surface area contributed by atoms with Crippen LogP contribution in [0.4, 0.5) is 0 Å². The number of hydrogen-bond donors (Lipinski definition) is 1. The van der Waals surface area contributed by atoms with Gasteiger partial charge in [-0.3, -0.25) is 4.79 Å². The fourth-order valence-corrected chi connectivity index (χ4v) is 2.69. The molecule has 0 saturated carbocycles. The summed E-state index contributed by atoms with van der Waals surface area (Å²) in [7, 11) is 0. The van der Waals surface area contributed by atoms with Crippen LogP contribution in [0.5, 0.6) is 0 Å². The highest BCUT2D eigenvalue weighted by Gasteiger charge is 2.26. The maximum atomic E-state index is 12.4. The van der Waals surface area contributed by atoms with Gasteiger partial charge in [0.2, 0.25) is 0 Å². The monoisotopic (exact) mass is 274 g/mol. The van der Waals surface area contributed by atoms with Crippen LogP contribution in [0.3, 0.4) is 0 Å². The van der Waals surface area contributed by atoms with Crippen LogP contribution >= 0.6 is 0 Å². The molecule has 6 nitrogen and oxygen atoms in total. The van der Waals surface area contributed by atoms with Crippen LogP contribution in [0.2, 0.25) is 0 Å². The molecule has 2 heterocycles. The first kappa shape index (κ1) is 13.1. The van der Waals surface area contributed by atoms with Gasteiger partial charge in [0, 0.05) is 37.7 Å². The van der Waals surface area contributed by atoms with Gasteiger partial charge in [-0.05, 0) is 31.5 Å². The molecule has 0 bridgehead atoms. The van der Waals surface area contributed by atoms with E-state index in [9.17, 15) is 4.79 Å². The predicted molar refractivity (Wildman–Crippen MR) is 74.3 cm³/mol. The van der Waals surface area contributed by atoms with Crippen molar-refractivity contribution in [3.05, 3.63) is 23.8 Å². The van der Waals surface area contributed by atoms with Gasteiger partial charge in [-0.2, -0.15) is 0 Å². The highest BCUT2D eigenvalue weighted by atomic mass is 16.3. The second-order valence-corrected chi connectivity index (χ2v) is 5.20. The molecule has 106 valence electrons. The molecule has 2 aromatic rings. The van der Waals surface area contributed by atoms with E-state index in [1.54, 1.807) is 15.6 Å². The van der Waals surface area contributed by atoms with Crippen LogP contribution in [-0.2, 0) is 6.54 Å². The first-order valence-electron chi connectivity index (χ1n) is 6.96.